The van der Waals surface area contributed by atoms with Crippen LogP contribution in [0.3, 0.4) is 0 Å². The molecule has 0 aromatic rings. The van der Waals surface area contributed by atoms with Crippen molar-refractivity contribution in [2.75, 3.05) is 0 Å². The molecule has 2 aliphatic carbocycles. The summed E-state index contributed by atoms with van der Waals surface area (Å²) in [5.41, 5.74) is 0.0821. The lowest BCUT2D eigenvalue weighted by Gasteiger charge is -2.48. The maximum Gasteiger partial charge on any atom is 0.309 e. The minimum absolute atomic E-state index is 0.0381. The molecular formula is C17H30O2. The minimum atomic E-state index is -0.145. The van der Waals surface area contributed by atoms with Gasteiger partial charge in [0.25, 0.3) is 0 Å². The summed E-state index contributed by atoms with van der Waals surface area (Å²) in [6.07, 6.45) is 11.9. The zero-order chi connectivity index (χ0) is 13.9. The summed E-state index contributed by atoms with van der Waals surface area (Å²) < 4.78 is 6.16. The number of esters is 1. The molecule has 1 unspecified atom stereocenters. The van der Waals surface area contributed by atoms with Crippen LogP contribution in [-0.4, -0.2) is 11.6 Å². The molecule has 0 heterocycles. The fraction of sp³-hybridized carbons (Fsp3) is 0.941. The monoisotopic (exact) mass is 266 g/mol. The van der Waals surface area contributed by atoms with E-state index >= 15 is 0 Å². The van der Waals surface area contributed by atoms with Crippen LogP contribution in [-0.2, 0) is 9.53 Å². The molecular weight excluding hydrogens is 236 g/mol. The van der Waals surface area contributed by atoms with Crippen LogP contribution < -0.4 is 0 Å². The van der Waals surface area contributed by atoms with Crippen LogP contribution in [0.5, 0.6) is 0 Å². The van der Waals surface area contributed by atoms with E-state index in [1.165, 1.54) is 44.9 Å². The molecule has 110 valence electrons. The number of rotatable bonds is 4. The fourth-order valence-corrected chi connectivity index (χ4v) is 4.02. The van der Waals surface area contributed by atoms with Gasteiger partial charge in [0.15, 0.2) is 0 Å². The Balaban J connectivity index is 2.15. The van der Waals surface area contributed by atoms with Gasteiger partial charge in [0.2, 0.25) is 0 Å². The normalized spacial score (nSPS) is 26.9. The molecule has 0 amide bonds. The Bertz CT molecular complexity index is 309. The molecule has 0 aromatic carbocycles. The first kappa shape index (κ1) is 14.9. The summed E-state index contributed by atoms with van der Waals surface area (Å²) in [5, 5.41) is 0. The SMILES string of the molecule is CCC(C)C(=O)OC1(C2(C)CCCCC2)CCCC1. The van der Waals surface area contributed by atoms with Gasteiger partial charge in [0.05, 0.1) is 5.92 Å². The van der Waals surface area contributed by atoms with Crippen molar-refractivity contribution in [3.8, 4) is 0 Å². The quantitative estimate of drug-likeness (QED) is 0.679. The smallest absolute Gasteiger partial charge is 0.309 e. The molecule has 19 heavy (non-hydrogen) atoms. The molecule has 0 spiro atoms. The number of hydrogen-bond acceptors (Lipinski definition) is 2. The summed E-state index contributed by atoms with van der Waals surface area (Å²) >= 11 is 0. The fourth-order valence-electron chi connectivity index (χ4n) is 4.02. The second kappa shape index (κ2) is 5.85. The van der Waals surface area contributed by atoms with E-state index in [1.807, 2.05) is 6.92 Å². The van der Waals surface area contributed by atoms with E-state index in [0.29, 0.717) is 0 Å². The summed E-state index contributed by atoms with van der Waals surface area (Å²) in [5.74, 6) is 0.0841. The molecule has 2 nitrogen and oxygen atoms in total. The third-order valence-electron chi connectivity index (χ3n) is 5.78. The molecule has 1 atom stereocenters. The van der Waals surface area contributed by atoms with E-state index in [1.54, 1.807) is 0 Å². The van der Waals surface area contributed by atoms with E-state index < -0.39 is 0 Å². The second-order valence-corrected chi connectivity index (χ2v) is 7.05. The zero-order valence-electron chi connectivity index (χ0n) is 13.0. The molecule has 0 aromatic heterocycles. The van der Waals surface area contributed by atoms with Gasteiger partial charge in [-0.05, 0) is 44.9 Å². The lowest BCUT2D eigenvalue weighted by molar-refractivity contribution is -0.183. The van der Waals surface area contributed by atoms with Crippen LogP contribution in [0.1, 0.15) is 85.0 Å². The van der Waals surface area contributed by atoms with Crippen molar-refractivity contribution >= 4 is 5.97 Å². The van der Waals surface area contributed by atoms with E-state index in [4.69, 9.17) is 4.74 Å². The number of carbonyl (C=O) groups excluding carboxylic acids is 1. The Morgan fingerprint density at radius 1 is 1.05 bits per heavy atom. The molecule has 2 aliphatic rings. The van der Waals surface area contributed by atoms with Gasteiger partial charge in [0.1, 0.15) is 5.60 Å². The van der Waals surface area contributed by atoms with E-state index in [0.717, 1.165) is 19.3 Å². The van der Waals surface area contributed by atoms with Crippen molar-refractivity contribution in [1.29, 1.82) is 0 Å². The summed E-state index contributed by atoms with van der Waals surface area (Å²) in [4.78, 5) is 12.3. The molecule has 0 radical (unpaired) electrons. The molecule has 0 saturated heterocycles. The number of carbonyl (C=O) groups is 1. The van der Waals surface area contributed by atoms with Gasteiger partial charge in [-0.3, -0.25) is 4.79 Å². The number of hydrogen-bond donors (Lipinski definition) is 0. The van der Waals surface area contributed by atoms with Crippen LogP contribution in [0.2, 0.25) is 0 Å². The first-order valence-electron chi connectivity index (χ1n) is 8.26. The van der Waals surface area contributed by atoms with Crippen LogP contribution >= 0.6 is 0 Å². The van der Waals surface area contributed by atoms with Gasteiger partial charge < -0.3 is 4.74 Å². The highest BCUT2D eigenvalue weighted by atomic mass is 16.6. The van der Waals surface area contributed by atoms with Crippen molar-refractivity contribution in [2.24, 2.45) is 11.3 Å². The van der Waals surface area contributed by atoms with Crippen LogP contribution in [0.15, 0.2) is 0 Å². The van der Waals surface area contributed by atoms with Gasteiger partial charge >= 0.3 is 5.97 Å². The summed E-state index contributed by atoms with van der Waals surface area (Å²) in [6, 6.07) is 0. The molecule has 2 heteroatoms. The van der Waals surface area contributed by atoms with Crippen molar-refractivity contribution < 1.29 is 9.53 Å². The Kier molecular flexibility index (Phi) is 4.58. The maximum absolute atomic E-state index is 12.3. The van der Waals surface area contributed by atoms with Crippen LogP contribution in [0.4, 0.5) is 0 Å². The third kappa shape index (κ3) is 2.83. The first-order chi connectivity index (χ1) is 9.03. The zero-order valence-corrected chi connectivity index (χ0v) is 13.0. The molecule has 0 N–H and O–H groups in total. The average Bonchev–Trinajstić information content (AvgIpc) is 2.89. The lowest BCUT2D eigenvalue weighted by Crippen LogP contribution is -2.49. The molecule has 0 bridgehead atoms. The third-order valence-corrected chi connectivity index (χ3v) is 5.78. The Morgan fingerprint density at radius 3 is 2.11 bits per heavy atom. The molecule has 0 aliphatic heterocycles. The van der Waals surface area contributed by atoms with Gasteiger partial charge in [-0.1, -0.05) is 40.0 Å². The number of ether oxygens (including phenoxy) is 1. The Morgan fingerprint density at radius 2 is 1.58 bits per heavy atom. The van der Waals surface area contributed by atoms with Crippen molar-refractivity contribution in [1.82, 2.24) is 0 Å². The van der Waals surface area contributed by atoms with Crippen molar-refractivity contribution in [3.63, 3.8) is 0 Å². The molecule has 2 rings (SSSR count). The average molecular weight is 266 g/mol. The Hall–Kier alpha value is -0.530. The summed E-state index contributed by atoms with van der Waals surface area (Å²) in [7, 11) is 0. The largest absolute Gasteiger partial charge is 0.458 e. The van der Waals surface area contributed by atoms with Gasteiger partial charge in [-0.2, -0.15) is 0 Å². The minimum Gasteiger partial charge on any atom is -0.458 e. The highest BCUT2D eigenvalue weighted by Gasteiger charge is 2.52. The van der Waals surface area contributed by atoms with Gasteiger partial charge in [0, 0.05) is 5.41 Å². The predicted molar refractivity (Wildman–Crippen MR) is 77.9 cm³/mol. The van der Waals surface area contributed by atoms with E-state index in [-0.39, 0.29) is 22.9 Å². The van der Waals surface area contributed by atoms with E-state index in [9.17, 15) is 4.79 Å². The lowest BCUT2D eigenvalue weighted by atomic mass is 9.63. The molecule has 2 saturated carbocycles. The van der Waals surface area contributed by atoms with E-state index in [2.05, 4.69) is 13.8 Å². The van der Waals surface area contributed by atoms with Gasteiger partial charge in [-0.15, -0.1) is 0 Å². The highest BCUT2D eigenvalue weighted by Crippen LogP contribution is 2.54. The maximum atomic E-state index is 12.3. The summed E-state index contributed by atoms with van der Waals surface area (Å²) in [6.45, 7) is 6.44. The first-order valence-corrected chi connectivity index (χ1v) is 8.26. The van der Waals surface area contributed by atoms with Crippen LogP contribution in [0.25, 0.3) is 0 Å². The Labute approximate surface area is 118 Å². The standard InChI is InChI=1S/C17H30O2/c1-4-14(2)15(18)19-17(12-8-9-13-17)16(3)10-6-5-7-11-16/h14H,4-13H2,1-3H3. The highest BCUT2D eigenvalue weighted by molar-refractivity contribution is 5.72. The predicted octanol–water partition coefficient (Wildman–Crippen LogP) is 4.86. The van der Waals surface area contributed by atoms with Crippen LogP contribution in [0, 0.1) is 11.3 Å². The van der Waals surface area contributed by atoms with Crippen molar-refractivity contribution in [3.05, 3.63) is 0 Å². The second-order valence-electron chi connectivity index (χ2n) is 7.05. The van der Waals surface area contributed by atoms with Gasteiger partial charge in [-0.25, -0.2) is 0 Å². The van der Waals surface area contributed by atoms with Crippen molar-refractivity contribution in [2.45, 2.75) is 90.6 Å². The topological polar surface area (TPSA) is 26.3 Å². The molecule has 2 fully saturated rings.